The van der Waals surface area contributed by atoms with E-state index in [9.17, 15) is 9.59 Å². The summed E-state index contributed by atoms with van der Waals surface area (Å²) in [4.78, 5) is 24.3. The van der Waals surface area contributed by atoms with Gasteiger partial charge in [0.25, 0.3) is 5.91 Å². The second-order valence-electron chi connectivity index (χ2n) is 6.21. The molecule has 0 heterocycles. The third-order valence-corrected chi connectivity index (χ3v) is 4.90. The Morgan fingerprint density at radius 3 is 2.19 bits per heavy atom. The first-order chi connectivity index (χ1) is 13.0. The SMILES string of the molecule is NC(=O)[C@@H](Cc1cccc(I)c1)NC(=O)c1ccc(-c2ccccc2)cc1. The standard InChI is InChI=1S/C22H19IN2O2/c23-19-8-4-5-15(13-19)14-20(21(24)26)25-22(27)18-11-9-17(10-12-18)16-6-2-1-3-7-16/h1-13,20H,14H2,(H2,24,26)(H,25,27)/t20-/m1/s1. The van der Waals surface area contributed by atoms with Crippen LogP contribution in [0.4, 0.5) is 0 Å². The highest BCUT2D eigenvalue weighted by atomic mass is 127. The number of amides is 2. The molecule has 0 aliphatic carbocycles. The average molecular weight is 470 g/mol. The van der Waals surface area contributed by atoms with Gasteiger partial charge in [0.15, 0.2) is 0 Å². The molecule has 0 aliphatic rings. The van der Waals surface area contributed by atoms with Gasteiger partial charge in [-0.3, -0.25) is 9.59 Å². The maximum Gasteiger partial charge on any atom is 0.251 e. The fourth-order valence-electron chi connectivity index (χ4n) is 2.81. The molecule has 0 radical (unpaired) electrons. The second-order valence-corrected chi connectivity index (χ2v) is 7.45. The minimum Gasteiger partial charge on any atom is -0.368 e. The number of primary amides is 1. The molecule has 27 heavy (non-hydrogen) atoms. The Bertz CT molecular complexity index is 940. The van der Waals surface area contributed by atoms with Crippen LogP contribution in [0.3, 0.4) is 0 Å². The largest absolute Gasteiger partial charge is 0.368 e. The van der Waals surface area contributed by atoms with Crippen molar-refractivity contribution in [2.75, 3.05) is 0 Å². The number of rotatable bonds is 6. The Morgan fingerprint density at radius 2 is 1.56 bits per heavy atom. The van der Waals surface area contributed by atoms with Crippen LogP contribution in [0.25, 0.3) is 11.1 Å². The van der Waals surface area contributed by atoms with Crippen LogP contribution in [-0.2, 0) is 11.2 Å². The van der Waals surface area contributed by atoms with Crippen molar-refractivity contribution in [1.82, 2.24) is 5.32 Å². The van der Waals surface area contributed by atoms with Gasteiger partial charge >= 0.3 is 0 Å². The van der Waals surface area contributed by atoms with Crippen LogP contribution in [0.1, 0.15) is 15.9 Å². The molecular formula is C22H19IN2O2. The molecule has 3 aromatic carbocycles. The summed E-state index contributed by atoms with van der Waals surface area (Å²) in [6.07, 6.45) is 0.361. The van der Waals surface area contributed by atoms with Crippen LogP contribution >= 0.6 is 22.6 Å². The zero-order chi connectivity index (χ0) is 19.2. The summed E-state index contributed by atoms with van der Waals surface area (Å²) in [7, 11) is 0. The third-order valence-electron chi connectivity index (χ3n) is 4.23. The molecule has 0 spiro atoms. The third kappa shape index (κ3) is 5.17. The fourth-order valence-corrected chi connectivity index (χ4v) is 3.42. The number of nitrogens with one attached hydrogen (secondary N) is 1. The normalized spacial score (nSPS) is 11.6. The van der Waals surface area contributed by atoms with E-state index in [1.165, 1.54) is 0 Å². The number of benzene rings is 3. The first kappa shape index (κ1) is 19.1. The number of nitrogens with two attached hydrogens (primary N) is 1. The fraction of sp³-hybridized carbons (Fsp3) is 0.0909. The molecule has 0 aliphatic heterocycles. The highest BCUT2D eigenvalue weighted by Gasteiger charge is 2.19. The van der Waals surface area contributed by atoms with Crippen LogP contribution in [0.2, 0.25) is 0 Å². The first-order valence-electron chi connectivity index (χ1n) is 8.53. The molecular weight excluding hydrogens is 451 g/mol. The lowest BCUT2D eigenvalue weighted by atomic mass is 10.0. The van der Waals surface area contributed by atoms with E-state index in [0.29, 0.717) is 12.0 Å². The van der Waals surface area contributed by atoms with E-state index in [-0.39, 0.29) is 5.91 Å². The maximum atomic E-state index is 12.5. The summed E-state index contributed by atoms with van der Waals surface area (Å²) < 4.78 is 1.07. The van der Waals surface area contributed by atoms with Gasteiger partial charge in [0.1, 0.15) is 6.04 Å². The molecule has 1 atom stereocenters. The van der Waals surface area contributed by atoms with Gasteiger partial charge in [-0.2, -0.15) is 0 Å². The van der Waals surface area contributed by atoms with Crippen molar-refractivity contribution in [1.29, 1.82) is 0 Å². The summed E-state index contributed by atoms with van der Waals surface area (Å²) in [5.41, 5.74) is 9.04. The van der Waals surface area contributed by atoms with Gasteiger partial charge in [-0.15, -0.1) is 0 Å². The molecule has 3 aromatic rings. The molecule has 0 unspecified atom stereocenters. The molecule has 0 bridgehead atoms. The molecule has 4 nitrogen and oxygen atoms in total. The molecule has 0 aromatic heterocycles. The van der Waals surface area contributed by atoms with Crippen LogP contribution in [-0.4, -0.2) is 17.9 Å². The number of hydrogen-bond acceptors (Lipinski definition) is 2. The zero-order valence-corrected chi connectivity index (χ0v) is 16.7. The molecule has 0 saturated heterocycles. The van der Waals surface area contributed by atoms with Gasteiger partial charge < -0.3 is 11.1 Å². The smallest absolute Gasteiger partial charge is 0.251 e. The van der Waals surface area contributed by atoms with Crippen molar-refractivity contribution in [2.45, 2.75) is 12.5 Å². The van der Waals surface area contributed by atoms with Crippen LogP contribution in [0.5, 0.6) is 0 Å². The monoisotopic (exact) mass is 470 g/mol. The molecule has 0 saturated carbocycles. The quantitative estimate of drug-likeness (QED) is 0.539. The lowest BCUT2D eigenvalue weighted by Crippen LogP contribution is -2.45. The van der Waals surface area contributed by atoms with E-state index >= 15 is 0 Å². The number of carbonyl (C=O) groups excluding carboxylic acids is 2. The number of hydrogen-bond donors (Lipinski definition) is 2. The first-order valence-corrected chi connectivity index (χ1v) is 9.61. The lowest BCUT2D eigenvalue weighted by molar-refractivity contribution is -0.119. The summed E-state index contributed by atoms with van der Waals surface area (Å²) >= 11 is 2.21. The highest BCUT2D eigenvalue weighted by Crippen LogP contribution is 2.19. The van der Waals surface area contributed by atoms with Crippen LogP contribution in [0, 0.1) is 3.57 Å². The maximum absolute atomic E-state index is 12.5. The zero-order valence-electron chi connectivity index (χ0n) is 14.6. The summed E-state index contributed by atoms with van der Waals surface area (Å²) in [5, 5.41) is 2.74. The lowest BCUT2D eigenvalue weighted by Gasteiger charge is -2.16. The minimum absolute atomic E-state index is 0.316. The Kier molecular flexibility index (Phi) is 6.24. The van der Waals surface area contributed by atoms with Crippen LogP contribution in [0.15, 0.2) is 78.9 Å². The Morgan fingerprint density at radius 1 is 0.889 bits per heavy atom. The van der Waals surface area contributed by atoms with E-state index in [2.05, 4.69) is 27.9 Å². The summed E-state index contributed by atoms with van der Waals surface area (Å²) in [5.74, 6) is -0.868. The Hall–Kier alpha value is -2.67. The average Bonchev–Trinajstić information content (AvgIpc) is 2.68. The van der Waals surface area contributed by atoms with Gasteiger partial charge in [0.05, 0.1) is 0 Å². The number of carbonyl (C=O) groups is 2. The molecule has 3 N–H and O–H groups in total. The predicted octanol–water partition coefficient (Wildman–Crippen LogP) is 3.78. The Labute approximate surface area is 171 Å². The minimum atomic E-state index is -0.760. The molecule has 2 amide bonds. The van der Waals surface area contributed by atoms with E-state index < -0.39 is 11.9 Å². The van der Waals surface area contributed by atoms with E-state index in [1.807, 2.05) is 66.7 Å². The molecule has 5 heteroatoms. The van der Waals surface area contributed by atoms with E-state index in [4.69, 9.17) is 5.73 Å². The van der Waals surface area contributed by atoms with Gasteiger partial charge in [0.2, 0.25) is 5.91 Å². The van der Waals surface area contributed by atoms with E-state index in [1.54, 1.807) is 12.1 Å². The Balaban J connectivity index is 1.71. The molecule has 136 valence electrons. The van der Waals surface area contributed by atoms with Gasteiger partial charge in [0, 0.05) is 15.6 Å². The van der Waals surface area contributed by atoms with Crippen molar-refractivity contribution < 1.29 is 9.59 Å². The number of halogens is 1. The second kappa shape index (κ2) is 8.81. The summed E-state index contributed by atoms with van der Waals surface area (Å²) in [6, 6.07) is 24.2. The molecule has 0 fully saturated rings. The van der Waals surface area contributed by atoms with Crippen molar-refractivity contribution >= 4 is 34.4 Å². The highest BCUT2D eigenvalue weighted by molar-refractivity contribution is 14.1. The van der Waals surface area contributed by atoms with Crippen LogP contribution < -0.4 is 11.1 Å². The van der Waals surface area contributed by atoms with Crippen molar-refractivity contribution in [3.05, 3.63) is 93.6 Å². The predicted molar refractivity (Wildman–Crippen MR) is 115 cm³/mol. The molecule has 3 rings (SSSR count). The topological polar surface area (TPSA) is 72.2 Å². The summed E-state index contributed by atoms with van der Waals surface area (Å²) in [6.45, 7) is 0. The van der Waals surface area contributed by atoms with E-state index in [0.717, 1.165) is 20.3 Å². The van der Waals surface area contributed by atoms with Crippen molar-refractivity contribution in [2.24, 2.45) is 5.73 Å². The van der Waals surface area contributed by atoms with Gasteiger partial charge in [-0.1, -0.05) is 54.6 Å². The van der Waals surface area contributed by atoms with Gasteiger partial charge in [-0.25, -0.2) is 0 Å². The van der Waals surface area contributed by atoms with Gasteiger partial charge in [-0.05, 0) is 63.5 Å². The van der Waals surface area contributed by atoms with Crippen molar-refractivity contribution in [3.8, 4) is 11.1 Å². The van der Waals surface area contributed by atoms with Crippen molar-refractivity contribution in [3.63, 3.8) is 0 Å².